The van der Waals surface area contributed by atoms with Crippen LogP contribution in [-0.2, 0) is 0 Å². The number of nitrogens with zero attached hydrogens (tertiary/aromatic N) is 1. The van der Waals surface area contributed by atoms with E-state index in [0.717, 1.165) is 5.56 Å². The molecule has 0 radical (unpaired) electrons. The molecule has 0 atom stereocenters. The van der Waals surface area contributed by atoms with Crippen LogP contribution in [0.4, 0.5) is 0 Å². The third-order valence-electron chi connectivity index (χ3n) is 2.59. The van der Waals surface area contributed by atoms with E-state index in [1.54, 1.807) is 11.0 Å². The minimum atomic E-state index is -0.0423. The lowest BCUT2D eigenvalue weighted by Gasteiger charge is -2.21. The summed E-state index contributed by atoms with van der Waals surface area (Å²) in [6.07, 6.45) is 0.536. The highest BCUT2D eigenvalue weighted by Crippen LogP contribution is 2.16. The number of hydrogen-bond acceptors (Lipinski definition) is 2. The van der Waals surface area contributed by atoms with E-state index in [1.807, 2.05) is 26.0 Å². The highest BCUT2D eigenvalue weighted by atomic mass is 35.5. The van der Waals surface area contributed by atoms with Crippen LogP contribution in [0.3, 0.4) is 0 Å². The van der Waals surface area contributed by atoms with Gasteiger partial charge in [0.25, 0.3) is 5.91 Å². The van der Waals surface area contributed by atoms with Crippen molar-refractivity contribution in [1.29, 1.82) is 0 Å². The number of carbonyl (C=O) groups is 1. The van der Waals surface area contributed by atoms with Crippen LogP contribution in [0.15, 0.2) is 18.2 Å². The van der Waals surface area contributed by atoms with Gasteiger partial charge in [-0.25, -0.2) is 0 Å². The topological polar surface area (TPSA) is 46.3 Å². The smallest absolute Gasteiger partial charge is 0.253 e. The van der Waals surface area contributed by atoms with E-state index in [4.69, 9.17) is 29.6 Å². The number of aryl methyl sites for hydroxylation is 1. The number of hydrogen-bond donors (Lipinski definition) is 1. The molecule has 1 rings (SSSR count). The lowest BCUT2D eigenvalue weighted by atomic mass is 10.1. The van der Waals surface area contributed by atoms with E-state index in [0.29, 0.717) is 35.1 Å². The van der Waals surface area contributed by atoms with Crippen molar-refractivity contribution in [3.05, 3.63) is 34.3 Å². The van der Waals surface area contributed by atoms with Gasteiger partial charge in [0.05, 0.1) is 4.99 Å². The second-order valence-electron chi connectivity index (χ2n) is 4.12. The zero-order valence-corrected chi connectivity index (χ0v) is 12.1. The van der Waals surface area contributed by atoms with Crippen molar-refractivity contribution >= 4 is 34.7 Å². The van der Waals surface area contributed by atoms with Gasteiger partial charge in [-0.05, 0) is 37.6 Å². The fourth-order valence-corrected chi connectivity index (χ4v) is 2.07. The molecule has 1 aromatic rings. The SMILES string of the molecule is CCN(CCC(N)=S)C(=O)c1cc(C)cc(Cl)c1. The molecule has 0 unspecified atom stereocenters. The molecule has 5 heteroatoms. The first-order chi connectivity index (χ1) is 8.43. The maximum Gasteiger partial charge on any atom is 0.253 e. The summed E-state index contributed by atoms with van der Waals surface area (Å²) in [5.41, 5.74) is 7.03. The Morgan fingerprint density at radius 1 is 1.44 bits per heavy atom. The summed E-state index contributed by atoms with van der Waals surface area (Å²) in [6, 6.07) is 5.33. The van der Waals surface area contributed by atoms with Gasteiger partial charge in [-0.15, -0.1) is 0 Å². The van der Waals surface area contributed by atoms with Crippen molar-refractivity contribution in [1.82, 2.24) is 4.90 Å². The predicted octanol–water partition coefficient (Wildman–Crippen LogP) is 2.79. The zero-order valence-electron chi connectivity index (χ0n) is 10.6. The van der Waals surface area contributed by atoms with Crippen molar-refractivity contribution in [2.24, 2.45) is 5.73 Å². The highest BCUT2D eigenvalue weighted by molar-refractivity contribution is 7.80. The first-order valence-corrected chi connectivity index (χ1v) is 6.57. The molecular formula is C13H17ClN2OS. The minimum absolute atomic E-state index is 0.0423. The average Bonchev–Trinajstić information content (AvgIpc) is 2.27. The molecule has 0 aliphatic rings. The van der Waals surface area contributed by atoms with E-state index < -0.39 is 0 Å². The number of rotatable bonds is 5. The predicted molar refractivity (Wildman–Crippen MR) is 79.2 cm³/mol. The standard InChI is InChI=1S/C13H17ClN2OS/c1-3-16(5-4-12(15)18)13(17)10-6-9(2)7-11(14)8-10/h6-8H,3-5H2,1-2H3,(H2,15,18). The van der Waals surface area contributed by atoms with E-state index in [1.165, 1.54) is 0 Å². The third kappa shape index (κ3) is 4.27. The largest absolute Gasteiger partial charge is 0.393 e. The normalized spacial score (nSPS) is 10.2. The van der Waals surface area contributed by atoms with Crippen LogP contribution in [0, 0.1) is 6.92 Å². The molecule has 0 heterocycles. The summed E-state index contributed by atoms with van der Waals surface area (Å²) < 4.78 is 0. The second kappa shape index (κ2) is 6.71. The Bertz CT molecular complexity index is 442. The Morgan fingerprint density at radius 2 is 2.11 bits per heavy atom. The minimum Gasteiger partial charge on any atom is -0.393 e. The van der Waals surface area contributed by atoms with Gasteiger partial charge in [0.1, 0.15) is 0 Å². The first-order valence-electron chi connectivity index (χ1n) is 5.78. The Hall–Kier alpha value is -1.13. The van der Waals surface area contributed by atoms with Gasteiger partial charge in [0.2, 0.25) is 0 Å². The molecule has 0 aliphatic carbocycles. The molecule has 0 saturated carbocycles. The fraction of sp³-hybridized carbons (Fsp3) is 0.385. The summed E-state index contributed by atoms with van der Waals surface area (Å²) in [6.45, 7) is 4.99. The maximum absolute atomic E-state index is 12.3. The van der Waals surface area contributed by atoms with Gasteiger partial charge in [-0.3, -0.25) is 4.79 Å². The van der Waals surface area contributed by atoms with Crippen LogP contribution in [-0.4, -0.2) is 28.9 Å². The van der Waals surface area contributed by atoms with Crippen molar-refractivity contribution < 1.29 is 4.79 Å². The van der Waals surface area contributed by atoms with E-state index >= 15 is 0 Å². The highest BCUT2D eigenvalue weighted by Gasteiger charge is 2.14. The summed E-state index contributed by atoms with van der Waals surface area (Å²) in [5.74, 6) is -0.0423. The van der Waals surface area contributed by atoms with Crippen LogP contribution in [0.2, 0.25) is 5.02 Å². The Morgan fingerprint density at radius 3 is 2.61 bits per heavy atom. The Labute approximate surface area is 118 Å². The van der Waals surface area contributed by atoms with Crippen molar-refractivity contribution in [3.8, 4) is 0 Å². The summed E-state index contributed by atoms with van der Waals surface area (Å²) in [5, 5.41) is 0.573. The van der Waals surface area contributed by atoms with Crippen molar-refractivity contribution in [3.63, 3.8) is 0 Å². The summed E-state index contributed by atoms with van der Waals surface area (Å²) in [7, 11) is 0. The molecule has 98 valence electrons. The van der Waals surface area contributed by atoms with Crippen LogP contribution in [0.25, 0.3) is 0 Å². The molecule has 0 fully saturated rings. The van der Waals surface area contributed by atoms with Crippen LogP contribution in [0.5, 0.6) is 0 Å². The molecule has 18 heavy (non-hydrogen) atoms. The van der Waals surface area contributed by atoms with Crippen molar-refractivity contribution in [2.75, 3.05) is 13.1 Å². The Balaban J connectivity index is 2.85. The molecular weight excluding hydrogens is 268 g/mol. The monoisotopic (exact) mass is 284 g/mol. The lowest BCUT2D eigenvalue weighted by molar-refractivity contribution is 0.0769. The molecule has 3 nitrogen and oxygen atoms in total. The molecule has 1 amide bonds. The molecule has 1 aromatic carbocycles. The lowest BCUT2D eigenvalue weighted by Crippen LogP contribution is -2.33. The van der Waals surface area contributed by atoms with Gasteiger partial charge in [-0.2, -0.15) is 0 Å². The van der Waals surface area contributed by atoms with Gasteiger partial charge in [0, 0.05) is 30.1 Å². The third-order valence-corrected chi connectivity index (χ3v) is 3.01. The van der Waals surface area contributed by atoms with Gasteiger partial charge in [-0.1, -0.05) is 23.8 Å². The summed E-state index contributed by atoms with van der Waals surface area (Å²) >= 11 is 10.8. The van der Waals surface area contributed by atoms with Crippen molar-refractivity contribution in [2.45, 2.75) is 20.3 Å². The van der Waals surface area contributed by atoms with Crippen LogP contribution in [0.1, 0.15) is 29.3 Å². The number of carbonyl (C=O) groups excluding carboxylic acids is 1. The van der Waals surface area contributed by atoms with Gasteiger partial charge in [0.15, 0.2) is 0 Å². The fourth-order valence-electron chi connectivity index (χ4n) is 1.69. The molecule has 2 N–H and O–H groups in total. The molecule has 0 bridgehead atoms. The number of benzene rings is 1. The van der Waals surface area contributed by atoms with Gasteiger partial charge < -0.3 is 10.6 Å². The molecule has 0 aromatic heterocycles. The Kier molecular flexibility index (Phi) is 5.56. The molecule has 0 spiro atoms. The first kappa shape index (κ1) is 14.9. The number of amides is 1. The van der Waals surface area contributed by atoms with E-state index in [-0.39, 0.29) is 5.91 Å². The molecule has 0 saturated heterocycles. The van der Waals surface area contributed by atoms with Crippen LogP contribution < -0.4 is 5.73 Å². The number of thiocarbonyl (C=S) groups is 1. The summed E-state index contributed by atoms with van der Waals surface area (Å²) in [4.78, 5) is 14.4. The average molecular weight is 285 g/mol. The number of nitrogens with two attached hydrogens (primary N) is 1. The second-order valence-corrected chi connectivity index (χ2v) is 5.08. The zero-order chi connectivity index (χ0) is 13.7. The molecule has 0 aliphatic heterocycles. The van der Waals surface area contributed by atoms with E-state index in [9.17, 15) is 4.79 Å². The maximum atomic E-state index is 12.3. The number of halogens is 1. The van der Waals surface area contributed by atoms with Crippen LogP contribution >= 0.6 is 23.8 Å². The van der Waals surface area contributed by atoms with E-state index in [2.05, 4.69) is 0 Å². The quantitative estimate of drug-likeness (QED) is 0.846. The van der Waals surface area contributed by atoms with Gasteiger partial charge >= 0.3 is 0 Å².